The Kier molecular flexibility index (Phi) is 5.82. The van der Waals surface area contributed by atoms with Gasteiger partial charge >= 0.3 is 0 Å². The summed E-state index contributed by atoms with van der Waals surface area (Å²) >= 11 is 0. The molecular formula is C18H24O6S2. The van der Waals surface area contributed by atoms with Crippen molar-refractivity contribution in [2.45, 2.75) is 50.3 Å². The zero-order valence-corrected chi connectivity index (χ0v) is 16.9. The highest BCUT2D eigenvalue weighted by atomic mass is 32.2. The Morgan fingerprint density at radius 1 is 0.731 bits per heavy atom. The van der Waals surface area contributed by atoms with Crippen LogP contribution in [0.15, 0.2) is 34.1 Å². The maximum Gasteiger partial charge on any atom is 0.296 e. The van der Waals surface area contributed by atoms with Gasteiger partial charge in [-0.05, 0) is 41.2 Å². The quantitative estimate of drug-likeness (QED) is 0.715. The maximum atomic E-state index is 12.2. The second-order valence-corrected chi connectivity index (χ2v) is 10.0. The van der Waals surface area contributed by atoms with Crippen LogP contribution in [0.4, 0.5) is 0 Å². The van der Waals surface area contributed by atoms with E-state index in [9.17, 15) is 25.9 Å². The molecule has 26 heavy (non-hydrogen) atoms. The molecule has 0 radical (unpaired) electrons. The fourth-order valence-corrected chi connectivity index (χ4v) is 5.61. The normalized spacial score (nSPS) is 13.1. The maximum absolute atomic E-state index is 12.2. The molecule has 0 aliphatic rings. The molecule has 0 bridgehead atoms. The summed E-state index contributed by atoms with van der Waals surface area (Å²) in [4.78, 5) is -1.46. The van der Waals surface area contributed by atoms with Gasteiger partial charge in [0, 0.05) is 5.39 Å². The topological polar surface area (TPSA) is 109 Å². The van der Waals surface area contributed by atoms with Crippen LogP contribution in [-0.2, 0) is 33.1 Å². The van der Waals surface area contributed by atoms with E-state index in [1.807, 2.05) is 27.7 Å². The van der Waals surface area contributed by atoms with E-state index in [2.05, 4.69) is 0 Å². The fraction of sp³-hybridized carbons (Fsp3) is 0.444. The lowest BCUT2D eigenvalue weighted by Crippen LogP contribution is -2.17. The molecule has 144 valence electrons. The molecule has 0 heterocycles. The van der Waals surface area contributed by atoms with Gasteiger partial charge in [-0.3, -0.25) is 9.11 Å². The Labute approximate surface area is 154 Å². The molecule has 0 aliphatic heterocycles. The molecule has 2 aromatic carbocycles. The van der Waals surface area contributed by atoms with Gasteiger partial charge in [0.15, 0.2) is 0 Å². The van der Waals surface area contributed by atoms with E-state index < -0.39 is 30.0 Å². The van der Waals surface area contributed by atoms with Gasteiger partial charge in [0.05, 0.1) is 0 Å². The van der Waals surface area contributed by atoms with Crippen molar-refractivity contribution >= 4 is 31.0 Å². The van der Waals surface area contributed by atoms with Crippen LogP contribution in [0.5, 0.6) is 0 Å². The molecule has 8 heteroatoms. The van der Waals surface area contributed by atoms with Crippen LogP contribution in [-0.4, -0.2) is 25.9 Å². The third-order valence-corrected chi connectivity index (χ3v) is 6.12. The van der Waals surface area contributed by atoms with Crippen molar-refractivity contribution in [3.8, 4) is 0 Å². The van der Waals surface area contributed by atoms with Gasteiger partial charge < -0.3 is 0 Å². The van der Waals surface area contributed by atoms with Gasteiger partial charge in [-0.2, -0.15) is 16.8 Å². The lowest BCUT2D eigenvalue weighted by Gasteiger charge is -2.22. The van der Waals surface area contributed by atoms with Crippen LogP contribution in [0.3, 0.4) is 0 Å². The predicted molar refractivity (Wildman–Crippen MR) is 101 cm³/mol. The SMILES string of the molecule is CC(C)Cc1c(S(=O)(=O)O)c(S(=O)(=O)O)c2ccccc2c1CC(C)C. The first kappa shape index (κ1) is 20.8. The molecule has 0 aromatic heterocycles. The predicted octanol–water partition coefficient (Wildman–Crippen LogP) is 3.73. The van der Waals surface area contributed by atoms with E-state index in [-0.39, 0.29) is 29.2 Å². The zero-order valence-electron chi connectivity index (χ0n) is 15.2. The standard InChI is InChI=1S/C18H24O6S2/c1-11(2)9-15-13-7-5-6-8-14(13)17(25(19,20)21)18(26(22,23)24)16(15)10-12(3)4/h5-8,11-12H,9-10H2,1-4H3,(H,19,20,21)(H,22,23,24). The Morgan fingerprint density at radius 2 is 1.15 bits per heavy atom. The van der Waals surface area contributed by atoms with Crippen molar-refractivity contribution in [3.63, 3.8) is 0 Å². The first-order valence-corrected chi connectivity index (χ1v) is 11.2. The highest BCUT2D eigenvalue weighted by Crippen LogP contribution is 2.38. The van der Waals surface area contributed by atoms with Crippen molar-refractivity contribution in [2.24, 2.45) is 11.8 Å². The van der Waals surface area contributed by atoms with E-state index >= 15 is 0 Å². The minimum absolute atomic E-state index is 0.0109. The average Bonchev–Trinajstić information content (AvgIpc) is 2.45. The van der Waals surface area contributed by atoms with Crippen LogP contribution in [0, 0.1) is 11.8 Å². The molecule has 0 atom stereocenters. The van der Waals surface area contributed by atoms with Gasteiger partial charge in [0.25, 0.3) is 20.2 Å². The highest BCUT2D eigenvalue weighted by Gasteiger charge is 2.32. The van der Waals surface area contributed by atoms with Crippen LogP contribution >= 0.6 is 0 Å². The molecule has 2 aromatic rings. The lowest BCUT2D eigenvalue weighted by molar-refractivity contribution is 0.464. The van der Waals surface area contributed by atoms with Gasteiger partial charge in [0.2, 0.25) is 0 Å². The number of benzene rings is 2. The van der Waals surface area contributed by atoms with Gasteiger partial charge in [-0.15, -0.1) is 0 Å². The summed E-state index contributed by atoms with van der Waals surface area (Å²) < 4.78 is 68.1. The lowest BCUT2D eigenvalue weighted by atomic mass is 9.88. The molecule has 2 rings (SSSR count). The zero-order chi connectivity index (χ0) is 19.9. The summed E-state index contributed by atoms with van der Waals surface area (Å²) in [6.45, 7) is 7.68. The van der Waals surface area contributed by atoms with Crippen LogP contribution < -0.4 is 0 Å². The van der Waals surface area contributed by atoms with E-state index in [4.69, 9.17) is 0 Å². The third-order valence-electron chi connectivity index (χ3n) is 4.08. The molecule has 2 N–H and O–H groups in total. The largest absolute Gasteiger partial charge is 0.296 e. The van der Waals surface area contributed by atoms with E-state index in [0.717, 1.165) is 0 Å². The molecule has 0 saturated heterocycles. The van der Waals surface area contributed by atoms with Crippen LogP contribution in [0.25, 0.3) is 10.8 Å². The van der Waals surface area contributed by atoms with E-state index in [1.165, 1.54) is 6.07 Å². The van der Waals surface area contributed by atoms with E-state index in [1.54, 1.807) is 18.2 Å². The van der Waals surface area contributed by atoms with Crippen molar-refractivity contribution in [1.82, 2.24) is 0 Å². The monoisotopic (exact) mass is 400 g/mol. The summed E-state index contributed by atoms with van der Waals surface area (Å²) in [5.74, 6) is 0.187. The Morgan fingerprint density at radius 3 is 1.58 bits per heavy atom. The summed E-state index contributed by atoms with van der Waals surface area (Å²) in [5, 5.41) is 0.655. The molecule has 0 fully saturated rings. The van der Waals surface area contributed by atoms with E-state index in [0.29, 0.717) is 17.4 Å². The summed E-state index contributed by atoms with van der Waals surface area (Å²) in [6.07, 6.45) is 0.765. The fourth-order valence-electron chi connectivity index (χ4n) is 3.30. The second-order valence-electron chi connectivity index (χ2n) is 7.31. The first-order valence-electron chi connectivity index (χ1n) is 8.35. The number of hydrogen-bond acceptors (Lipinski definition) is 4. The first-order chi connectivity index (χ1) is 11.8. The highest BCUT2D eigenvalue weighted by molar-refractivity contribution is 7.89. The van der Waals surface area contributed by atoms with Crippen molar-refractivity contribution < 1.29 is 25.9 Å². The van der Waals surface area contributed by atoms with Gasteiger partial charge in [-0.1, -0.05) is 52.0 Å². The molecule has 0 spiro atoms. The number of hydrogen-bond donors (Lipinski definition) is 2. The van der Waals surface area contributed by atoms with Crippen molar-refractivity contribution in [2.75, 3.05) is 0 Å². The second kappa shape index (κ2) is 7.26. The molecule has 0 amide bonds. The third kappa shape index (κ3) is 4.25. The smallest absolute Gasteiger partial charge is 0.282 e. The molecular weight excluding hydrogens is 376 g/mol. The van der Waals surface area contributed by atoms with Crippen molar-refractivity contribution in [3.05, 3.63) is 35.4 Å². The van der Waals surface area contributed by atoms with Crippen molar-refractivity contribution in [1.29, 1.82) is 0 Å². The van der Waals surface area contributed by atoms with Gasteiger partial charge in [-0.25, -0.2) is 0 Å². The Bertz CT molecular complexity index is 1040. The van der Waals surface area contributed by atoms with Crippen LogP contribution in [0.1, 0.15) is 38.8 Å². The molecule has 0 aliphatic carbocycles. The Balaban J connectivity index is 3.20. The molecule has 6 nitrogen and oxygen atoms in total. The average molecular weight is 401 g/mol. The molecule has 0 unspecified atom stereocenters. The Hall–Kier alpha value is -1.48. The summed E-state index contributed by atoms with van der Waals surface area (Å²) in [6, 6.07) is 6.44. The van der Waals surface area contributed by atoms with Gasteiger partial charge in [0.1, 0.15) is 9.79 Å². The summed E-state index contributed by atoms with van der Waals surface area (Å²) in [7, 11) is -9.77. The van der Waals surface area contributed by atoms with Crippen LogP contribution in [0.2, 0.25) is 0 Å². The number of fused-ring (bicyclic) bond motifs is 1. The number of rotatable bonds is 6. The minimum atomic E-state index is -4.89. The molecule has 0 saturated carbocycles. The summed E-state index contributed by atoms with van der Waals surface area (Å²) in [5.41, 5.74) is 0.937. The minimum Gasteiger partial charge on any atom is -0.282 e.